The van der Waals surface area contributed by atoms with Crippen LogP contribution in [0.15, 0.2) is 109 Å². The SMILES string of the molecule is CC(C)c1cc(CC[Si](C)(C)C)c(C(C)C)cc1O.CC(C)c1cc(CC[Si](C)(C)c2ccccc2)c(C(C)C)cc1O.CCCc1cc(CC[Si](C)(C)C)c(CCC)cc1O.CCCc1cc(CC[Si](C)(C)c2ccccc2)c(CCC)cc1O. The first kappa shape index (κ1) is 75.6. The summed E-state index contributed by atoms with van der Waals surface area (Å²) in [5, 5.41) is 44.0. The van der Waals surface area contributed by atoms with Crippen LogP contribution in [0.5, 0.6) is 23.0 Å². The lowest BCUT2D eigenvalue weighted by Crippen LogP contribution is -2.41. The summed E-state index contributed by atoms with van der Waals surface area (Å²) < 4.78 is 0. The van der Waals surface area contributed by atoms with E-state index in [4.69, 9.17) is 0 Å². The number of aryl methyl sites for hydroxylation is 8. The van der Waals surface area contributed by atoms with E-state index in [2.05, 4.69) is 233 Å². The summed E-state index contributed by atoms with van der Waals surface area (Å²) in [6.45, 7) is 50.6. The number of phenolic OH excluding ortho intramolecular Hbond substituents is 4. The van der Waals surface area contributed by atoms with Gasteiger partial charge < -0.3 is 20.4 Å². The van der Waals surface area contributed by atoms with Gasteiger partial charge in [0.2, 0.25) is 0 Å². The maximum Gasteiger partial charge on any atom is 0.119 e. The van der Waals surface area contributed by atoms with Crippen LogP contribution in [0, 0.1) is 0 Å². The number of phenols is 4. The molecule has 6 aromatic carbocycles. The first-order valence-electron chi connectivity index (χ1n) is 33.7. The van der Waals surface area contributed by atoms with E-state index in [0.29, 0.717) is 46.7 Å². The summed E-state index contributed by atoms with van der Waals surface area (Å²) in [6, 6.07) is 44.2. The molecule has 6 rings (SSSR count). The van der Waals surface area contributed by atoms with Crippen molar-refractivity contribution in [2.24, 2.45) is 0 Å². The third-order valence-corrected chi connectivity index (χ3v) is 27.7. The van der Waals surface area contributed by atoms with E-state index in [0.717, 1.165) is 92.9 Å². The molecule has 6 aromatic rings. The standard InChI is InChI=1S/2C22H32OSi.2C17H30OSi/c1-16(2)20-15-22(23)21(17(3)4)14-18(20)12-13-24(5,6)19-10-8-7-9-11-19;1-5-10-18-17-22(23)20(11-6-2)16-19(18)14-15-24(3,4)21-12-8-7-9-13-21;1-12(2)15-11-17(18)16(13(3)4)10-14(15)8-9-19(5,6)7;1-6-8-14-13-17(18)16(9-7-2)12-15(14)10-11-19(3,4)5/h7-11,14-17,23H,12-13H2,1-6H3;7-9,12-13,16-17,23H,5-6,10-11,14-15H2,1-4H3;10-13,18H,8-9H2,1-7H3;12-13,18H,6-11H2,1-5H3. The van der Waals surface area contributed by atoms with Gasteiger partial charge in [-0.15, -0.1) is 0 Å². The largest absolute Gasteiger partial charge is 0.508 e. The van der Waals surface area contributed by atoms with Crippen molar-refractivity contribution < 1.29 is 20.4 Å². The molecule has 0 spiro atoms. The zero-order valence-electron chi connectivity index (χ0n) is 58.8. The molecule has 0 radical (unpaired) electrons. The minimum Gasteiger partial charge on any atom is -0.508 e. The Morgan fingerprint density at radius 3 is 0.837 bits per heavy atom. The monoisotopic (exact) mass is 1240 g/mol. The predicted molar refractivity (Wildman–Crippen MR) is 393 cm³/mol. The van der Waals surface area contributed by atoms with Crippen LogP contribution in [-0.2, 0) is 51.4 Å². The number of hydrogen-bond acceptors (Lipinski definition) is 4. The van der Waals surface area contributed by atoms with Crippen LogP contribution in [0.2, 0.25) is 89.6 Å². The molecule has 86 heavy (non-hydrogen) atoms. The smallest absolute Gasteiger partial charge is 0.119 e. The summed E-state index contributed by atoms with van der Waals surface area (Å²) in [7, 11) is -4.88. The van der Waals surface area contributed by atoms with E-state index in [9.17, 15) is 20.4 Å². The average Bonchev–Trinajstić information content (AvgIpc) is 2.85. The zero-order chi connectivity index (χ0) is 64.7. The first-order valence-corrected chi connectivity index (χ1v) is 47.5. The molecule has 0 aliphatic carbocycles. The number of rotatable bonds is 26. The lowest BCUT2D eigenvalue weighted by atomic mass is 9.90. The Kier molecular flexibility index (Phi) is 31.3. The average molecular weight is 1240 g/mol. The van der Waals surface area contributed by atoms with Crippen molar-refractivity contribution in [1.82, 2.24) is 0 Å². The molecule has 0 heterocycles. The van der Waals surface area contributed by atoms with E-state index in [1.807, 2.05) is 24.3 Å². The molecule has 0 atom stereocenters. The van der Waals surface area contributed by atoms with E-state index < -0.39 is 32.3 Å². The van der Waals surface area contributed by atoms with Gasteiger partial charge in [0.05, 0.1) is 16.1 Å². The van der Waals surface area contributed by atoms with Crippen LogP contribution in [0.3, 0.4) is 0 Å². The van der Waals surface area contributed by atoms with Crippen molar-refractivity contribution in [3.63, 3.8) is 0 Å². The molecule has 0 amide bonds. The third kappa shape index (κ3) is 25.1. The second kappa shape index (κ2) is 35.5. The number of hydrogen-bond donors (Lipinski definition) is 4. The molecule has 476 valence electrons. The minimum absolute atomic E-state index is 0.351. The van der Waals surface area contributed by atoms with Crippen LogP contribution < -0.4 is 10.4 Å². The van der Waals surface area contributed by atoms with E-state index in [-0.39, 0.29) is 0 Å². The van der Waals surface area contributed by atoms with Gasteiger partial charge in [-0.2, -0.15) is 0 Å². The molecule has 4 N–H and O–H groups in total. The summed E-state index contributed by atoms with van der Waals surface area (Å²) in [6.07, 6.45) is 13.1. The molecule has 0 fully saturated rings. The predicted octanol–water partition coefficient (Wildman–Crippen LogP) is 22.0. The molecule has 0 aliphatic heterocycles. The number of benzene rings is 6. The topological polar surface area (TPSA) is 80.9 Å². The Labute approximate surface area is 532 Å². The fourth-order valence-corrected chi connectivity index (χ4v) is 18.2. The Morgan fingerprint density at radius 1 is 0.279 bits per heavy atom. The normalized spacial score (nSPS) is 12.0. The summed E-state index contributed by atoms with van der Waals surface area (Å²) >= 11 is 0. The van der Waals surface area contributed by atoms with Gasteiger partial charge in [-0.3, -0.25) is 0 Å². The first-order chi connectivity index (χ1) is 40.2. The highest BCUT2D eigenvalue weighted by Crippen LogP contribution is 2.36. The quantitative estimate of drug-likeness (QED) is 0.0408. The van der Waals surface area contributed by atoms with Crippen LogP contribution >= 0.6 is 0 Å². The third-order valence-electron chi connectivity index (χ3n) is 17.4. The fourth-order valence-electron chi connectivity index (χ4n) is 11.6. The molecule has 0 aromatic heterocycles. The Morgan fingerprint density at radius 2 is 0.547 bits per heavy atom. The second-order valence-electron chi connectivity index (χ2n) is 30.0. The maximum absolute atomic E-state index is 10.3. The van der Waals surface area contributed by atoms with E-state index in [1.165, 1.54) is 85.5 Å². The van der Waals surface area contributed by atoms with Crippen LogP contribution in [-0.4, -0.2) is 52.7 Å². The van der Waals surface area contributed by atoms with Crippen molar-refractivity contribution in [3.05, 3.63) is 176 Å². The Bertz CT molecular complexity index is 2940. The van der Waals surface area contributed by atoms with Gasteiger partial charge in [-0.05, 0) is 178 Å². The molecule has 0 unspecified atom stereocenters. The molecular formula is C78H124O4Si4. The van der Waals surface area contributed by atoms with Gasteiger partial charge >= 0.3 is 0 Å². The van der Waals surface area contributed by atoms with Gasteiger partial charge in [0.15, 0.2) is 0 Å². The number of aromatic hydroxyl groups is 4. The molecule has 0 saturated heterocycles. The molecule has 0 bridgehead atoms. The lowest BCUT2D eigenvalue weighted by Gasteiger charge is -2.25. The Balaban J connectivity index is 0.000000302. The molecule has 8 heteroatoms. The highest BCUT2D eigenvalue weighted by molar-refractivity contribution is 6.90. The second-order valence-corrected chi connectivity index (χ2v) is 50.9. The van der Waals surface area contributed by atoms with Gasteiger partial charge in [-0.25, -0.2) is 0 Å². The van der Waals surface area contributed by atoms with Crippen molar-refractivity contribution in [1.29, 1.82) is 0 Å². The molecule has 0 aliphatic rings. The molecule has 4 nitrogen and oxygen atoms in total. The Hall–Kier alpha value is -4.61. The zero-order valence-corrected chi connectivity index (χ0v) is 62.8. The molecular weight excluding hydrogens is 1110 g/mol. The van der Waals surface area contributed by atoms with E-state index in [1.54, 1.807) is 0 Å². The molecule has 0 saturated carbocycles. The van der Waals surface area contributed by atoms with Crippen LogP contribution in [0.25, 0.3) is 0 Å². The van der Waals surface area contributed by atoms with Gasteiger partial charge in [0.1, 0.15) is 23.0 Å². The van der Waals surface area contributed by atoms with E-state index >= 15 is 0 Å². The van der Waals surface area contributed by atoms with Crippen LogP contribution in [0.4, 0.5) is 0 Å². The lowest BCUT2D eigenvalue weighted by molar-refractivity contribution is 0.462. The highest BCUT2D eigenvalue weighted by Gasteiger charge is 2.26. The van der Waals surface area contributed by atoms with Crippen molar-refractivity contribution >= 4 is 42.7 Å². The summed E-state index contributed by atoms with van der Waals surface area (Å²) in [5.41, 5.74) is 15.5. The maximum atomic E-state index is 10.3. The van der Waals surface area contributed by atoms with Crippen LogP contribution in [0.1, 0.15) is 199 Å². The minimum atomic E-state index is -1.44. The summed E-state index contributed by atoms with van der Waals surface area (Å²) in [4.78, 5) is 0. The van der Waals surface area contributed by atoms with Gasteiger partial charge in [0.25, 0.3) is 0 Å². The van der Waals surface area contributed by atoms with Gasteiger partial charge in [0, 0.05) is 16.1 Å². The van der Waals surface area contributed by atoms with Crippen molar-refractivity contribution in [2.75, 3.05) is 0 Å². The summed E-state index contributed by atoms with van der Waals surface area (Å²) in [5.74, 6) is 3.56. The van der Waals surface area contributed by atoms with Crippen molar-refractivity contribution in [2.45, 2.75) is 273 Å². The van der Waals surface area contributed by atoms with Gasteiger partial charge in [-0.1, -0.05) is 282 Å². The van der Waals surface area contributed by atoms with Crippen molar-refractivity contribution in [3.8, 4) is 23.0 Å². The fraction of sp³-hybridized carbons (Fsp3) is 0.538. The highest BCUT2D eigenvalue weighted by atomic mass is 28.3.